The Morgan fingerprint density at radius 2 is 1.64 bits per heavy atom. The second kappa shape index (κ2) is 7.37. The van der Waals surface area contributed by atoms with E-state index in [0.29, 0.717) is 30.9 Å². The van der Waals surface area contributed by atoms with Crippen molar-refractivity contribution >= 4 is 17.4 Å². The average molecular weight is 343 g/mol. The molecule has 0 aliphatic carbocycles. The molecule has 2 amide bonds. The lowest BCUT2D eigenvalue weighted by atomic mass is 10.0. The summed E-state index contributed by atoms with van der Waals surface area (Å²) in [6.45, 7) is 7.40. The van der Waals surface area contributed by atoms with E-state index >= 15 is 0 Å². The highest BCUT2D eigenvalue weighted by Crippen LogP contribution is 2.33. The Balaban J connectivity index is 1.95. The molecule has 1 N–H and O–H groups in total. The van der Waals surface area contributed by atoms with E-state index < -0.39 is 0 Å². The number of benzene rings is 1. The molecular weight excluding hydrogens is 318 g/mol. The first-order valence-electron chi connectivity index (χ1n) is 8.80. The Bertz CT molecular complexity index is 676. The van der Waals surface area contributed by atoms with Crippen molar-refractivity contribution in [3.63, 3.8) is 0 Å². The molecule has 6 nitrogen and oxygen atoms in total. The number of aliphatic hydroxyl groups is 1. The van der Waals surface area contributed by atoms with Gasteiger partial charge < -0.3 is 10.0 Å². The van der Waals surface area contributed by atoms with Gasteiger partial charge in [-0.15, -0.1) is 0 Å². The highest BCUT2D eigenvalue weighted by molar-refractivity contribution is 6.35. The van der Waals surface area contributed by atoms with Gasteiger partial charge in [0, 0.05) is 38.8 Å². The molecule has 2 aliphatic heterocycles. The molecule has 0 atom stereocenters. The fourth-order valence-corrected chi connectivity index (χ4v) is 3.50. The third-order valence-corrected chi connectivity index (χ3v) is 4.77. The summed E-state index contributed by atoms with van der Waals surface area (Å²) in [5.41, 5.74) is 1.82. The van der Waals surface area contributed by atoms with Crippen molar-refractivity contribution in [1.82, 2.24) is 14.7 Å². The molecule has 0 radical (unpaired) electrons. The van der Waals surface area contributed by atoms with Crippen LogP contribution < -0.4 is 0 Å². The van der Waals surface area contributed by atoms with Gasteiger partial charge in [0.05, 0.1) is 12.2 Å². The van der Waals surface area contributed by atoms with E-state index in [9.17, 15) is 9.59 Å². The number of hydrogen-bond acceptors (Lipinski definition) is 5. The van der Waals surface area contributed by atoms with Gasteiger partial charge in [0.2, 0.25) is 0 Å². The van der Waals surface area contributed by atoms with Crippen LogP contribution in [0.25, 0.3) is 5.57 Å². The smallest absolute Gasteiger partial charge is 0.278 e. The summed E-state index contributed by atoms with van der Waals surface area (Å²) >= 11 is 0. The Labute approximate surface area is 148 Å². The maximum Gasteiger partial charge on any atom is 0.278 e. The number of carbonyl (C=O) groups excluding carboxylic acids is 2. The van der Waals surface area contributed by atoms with Crippen LogP contribution in [0.3, 0.4) is 0 Å². The van der Waals surface area contributed by atoms with E-state index in [4.69, 9.17) is 5.11 Å². The van der Waals surface area contributed by atoms with Crippen molar-refractivity contribution in [3.05, 3.63) is 41.6 Å². The molecular formula is C19H25N3O3. The second-order valence-electron chi connectivity index (χ2n) is 6.72. The molecule has 3 rings (SSSR count). The molecule has 0 saturated carbocycles. The third-order valence-electron chi connectivity index (χ3n) is 4.77. The van der Waals surface area contributed by atoms with Gasteiger partial charge in [-0.25, -0.2) is 0 Å². The van der Waals surface area contributed by atoms with Crippen LogP contribution in [0.2, 0.25) is 0 Å². The SMILES string of the molecule is CC(C)N1C(=O)C(c2ccccc2)=C(N2CCN(CCO)CC2)C1=O. The molecule has 0 unspecified atom stereocenters. The number of nitrogens with zero attached hydrogens (tertiary/aromatic N) is 3. The molecule has 1 fully saturated rings. The molecule has 1 aromatic rings. The molecule has 2 heterocycles. The summed E-state index contributed by atoms with van der Waals surface area (Å²) in [6.07, 6.45) is 0. The molecule has 1 aromatic carbocycles. The Hall–Kier alpha value is -2.18. The summed E-state index contributed by atoms with van der Waals surface area (Å²) in [5.74, 6) is -0.409. The number of aliphatic hydroxyl groups excluding tert-OH is 1. The Morgan fingerprint density at radius 1 is 1.00 bits per heavy atom. The van der Waals surface area contributed by atoms with E-state index in [1.54, 1.807) is 0 Å². The van der Waals surface area contributed by atoms with Crippen LogP contribution in [-0.2, 0) is 9.59 Å². The number of carbonyl (C=O) groups is 2. The number of rotatable bonds is 5. The Morgan fingerprint density at radius 3 is 2.20 bits per heavy atom. The quantitative estimate of drug-likeness (QED) is 0.801. The third kappa shape index (κ3) is 3.32. The highest BCUT2D eigenvalue weighted by Gasteiger charge is 2.43. The monoisotopic (exact) mass is 343 g/mol. The minimum atomic E-state index is -0.209. The first kappa shape index (κ1) is 17.6. The zero-order chi connectivity index (χ0) is 18.0. The van der Waals surface area contributed by atoms with E-state index in [2.05, 4.69) is 4.90 Å². The zero-order valence-electron chi connectivity index (χ0n) is 14.8. The van der Waals surface area contributed by atoms with Gasteiger partial charge in [-0.3, -0.25) is 19.4 Å². The molecule has 134 valence electrons. The van der Waals surface area contributed by atoms with Gasteiger partial charge in [-0.05, 0) is 19.4 Å². The predicted octanol–water partition coefficient (Wildman–Crippen LogP) is 0.785. The van der Waals surface area contributed by atoms with E-state index in [1.807, 2.05) is 49.1 Å². The van der Waals surface area contributed by atoms with Gasteiger partial charge in [-0.2, -0.15) is 0 Å². The normalized spacial score (nSPS) is 19.5. The topological polar surface area (TPSA) is 64.1 Å². The minimum Gasteiger partial charge on any atom is -0.395 e. The lowest BCUT2D eigenvalue weighted by Gasteiger charge is -2.36. The van der Waals surface area contributed by atoms with Gasteiger partial charge in [-0.1, -0.05) is 30.3 Å². The number of piperazine rings is 1. The Kier molecular flexibility index (Phi) is 5.20. The molecule has 25 heavy (non-hydrogen) atoms. The maximum absolute atomic E-state index is 13.0. The fraction of sp³-hybridized carbons (Fsp3) is 0.474. The lowest BCUT2D eigenvalue weighted by molar-refractivity contribution is -0.139. The summed E-state index contributed by atoms with van der Waals surface area (Å²) in [6, 6.07) is 9.26. The molecule has 6 heteroatoms. The van der Waals surface area contributed by atoms with Crippen LogP contribution in [0.4, 0.5) is 0 Å². The average Bonchev–Trinajstić information content (AvgIpc) is 2.87. The number of β-amino-alcohol motifs (C(OH)–C–C–N with tert-alkyl or cyclic N) is 1. The summed E-state index contributed by atoms with van der Waals surface area (Å²) < 4.78 is 0. The van der Waals surface area contributed by atoms with Crippen molar-refractivity contribution < 1.29 is 14.7 Å². The molecule has 1 saturated heterocycles. The van der Waals surface area contributed by atoms with Gasteiger partial charge >= 0.3 is 0 Å². The van der Waals surface area contributed by atoms with Crippen LogP contribution in [0.5, 0.6) is 0 Å². The van der Waals surface area contributed by atoms with Crippen molar-refractivity contribution in [2.45, 2.75) is 19.9 Å². The lowest BCUT2D eigenvalue weighted by Crippen LogP contribution is -2.48. The standard InChI is InChI=1S/C19H25N3O3/c1-14(2)22-18(24)16(15-6-4-3-5-7-15)17(19(22)25)21-10-8-20(9-11-21)12-13-23/h3-7,14,23H,8-13H2,1-2H3. The fourth-order valence-electron chi connectivity index (χ4n) is 3.50. The van der Waals surface area contributed by atoms with Crippen molar-refractivity contribution in [2.75, 3.05) is 39.3 Å². The van der Waals surface area contributed by atoms with Gasteiger partial charge in [0.15, 0.2) is 0 Å². The molecule has 0 spiro atoms. The summed E-state index contributed by atoms with van der Waals surface area (Å²) in [7, 11) is 0. The van der Waals surface area contributed by atoms with E-state index in [-0.39, 0.29) is 24.5 Å². The predicted molar refractivity (Wildman–Crippen MR) is 95.4 cm³/mol. The first-order valence-corrected chi connectivity index (χ1v) is 8.80. The molecule has 0 bridgehead atoms. The highest BCUT2D eigenvalue weighted by atomic mass is 16.3. The number of imide groups is 1. The van der Waals surface area contributed by atoms with Crippen molar-refractivity contribution in [3.8, 4) is 0 Å². The number of amides is 2. The van der Waals surface area contributed by atoms with E-state index in [1.165, 1.54) is 4.90 Å². The zero-order valence-corrected chi connectivity index (χ0v) is 14.8. The van der Waals surface area contributed by atoms with Crippen LogP contribution >= 0.6 is 0 Å². The molecule has 0 aromatic heterocycles. The van der Waals surface area contributed by atoms with Gasteiger partial charge in [0.25, 0.3) is 11.8 Å². The number of hydrogen-bond donors (Lipinski definition) is 1. The van der Waals surface area contributed by atoms with Gasteiger partial charge in [0.1, 0.15) is 5.70 Å². The first-order chi connectivity index (χ1) is 12.0. The summed E-state index contributed by atoms with van der Waals surface area (Å²) in [5, 5.41) is 9.09. The maximum atomic E-state index is 13.0. The summed E-state index contributed by atoms with van der Waals surface area (Å²) in [4.78, 5) is 31.5. The van der Waals surface area contributed by atoms with Crippen molar-refractivity contribution in [2.24, 2.45) is 0 Å². The van der Waals surface area contributed by atoms with Crippen molar-refractivity contribution in [1.29, 1.82) is 0 Å². The largest absolute Gasteiger partial charge is 0.395 e. The van der Waals surface area contributed by atoms with Crippen LogP contribution in [-0.4, -0.2) is 77.0 Å². The van der Waals surface area contributed by atoms with Crippen LogP contribution in [0.15, 0.2) is 36.0 Å². The van der Waals surface area contributed by atoms with E-state index in [0.717, 1.165) is 18.7 Å². The minimum absolute atomic E-state index is 0.135. The molecule has 2 aliphatic rings. The second-order valence-corrected chi connectivity index (χ2v) is 6.72. The van der Waals surface area contributed by atoms with Crippen LogP contribution in [0, 0.1) is 0 Å². The van der Waals surface area contributed by atoms with Crippen LogP contribution in [0.1, 0.15) is 19.4 Å².